The minimum Gasteiger partial charge on any atom is -0.323 e. The highest BCUT2D eigenvalue weighted by molar-refractivity contribution is 8.00. The molecule has 8 heteroatoms. The lowest BCUT2D eigenvalue weighted by atomic mass is 10.3. The molecule has 0 saturated heterocycles. The number of para-hydroxylation sites is 1. The molecule has 1 atom stereocenters. The van der Waals surface area contributed by atoms with Crippen LogP contribution in [-0.2, 0) is 11.3 Å². The normalized spacial score (nSPS) is 12.1. The highest BCUT2D eigenvalue weighted by atomic mass is 32.2. The summed E-state index contributed by atoms with van der Waals surface area (Å²) in [7, 11) is 0. The Morgan fingerprint density at radius 3 is 2.79 bits per heavy atom. The van der Waals surface area contributed by atoms with Gasteiger partial charge in [-0.1, -0.05) is 18.2 Å². The van der Waals surface area contributed by atoms with Crippen LogP contribution in [0.2, 0.25) is 0 Å². The number of carbonyl (C=O) groups is 1. The van der Waals surface area contributed by atoms with E-state index in [1.165, 1.54) is 0 Å². The lowest BCUT2D eigenvalue weighted by Gasteiger charge is -2.10. The van der Waals surface area contributed by atoms with Gasteiger partial charge in [-0.2, -0.15) is 11.3 Å². The molecule has 3 rings (SSSR count). The molecule has 0 bridgehead atoms. The van der Waals surface area contributed by atoms with E-state index in [2.05, 4.69) is 15.5 Å². The lowest BCUT2D eigenvalue weighted by molar-refractivity contribution is -0.118. The summed E-state index contributed by atoms with van der Waals surface area (Å²) in [4.78, 5) is 12.0. The number of hydrogen-bond acceptors (Lipinski definition) is 5. The number of nitrogens with zero attached hydrogens (tertiary/aromatic N) is 3. The van der Waals surface area contributed by atoms with Crippen LogP contribution < -0.4 is 5.32 Å². The van der Waals surface area contributed by atoms with Crippen LogP contribution in [0.4, 0.5) is 10.1 Å². The van der Waals surface area contributed by atoms with Gasteiger partial charge in [-0.15, -0.1) is 10.2 Å². The van der Waals surface area contributed by atoms with Gasteiger partial charge in [0, 0.05) is 23.2 Å². The second kappa shape index (κ2) is 7.59. The van der Waals surface area contributed by atoms with Gasteiger partial charge in [0.2, 0.25) is 5.50 Å². The molecule has 1 aromatic carbocycles. The Morgan fingerprint density at radius 1 is 1.33 bits per heavy atom. The number of amides is 1. The van der Waals surface area contributed by atoms with Crippen LogP contribution in [0.25, 0.3) is 11.4 Å². The SMILES string of the molecule is CCn1c(SC(F)C(=O)Nc2ccccc2)nnc1-c1ccsc1. The molecule has 2 heterocycles. The zero-order valence-electron chi connectivity index (χ0n) is 12.8. The number of hydrogen-bond donors (Lipinski definition) is 1. The molecule has 1 N–H and O–H groups in total. The van der Waals surface area contributed by atoms with E-state index in [1.807, 2.05) is 29.8 Å². The summed E-state index contributed by atoms with van der Waals surface area (Å²) >= 11 is 2.31. The number of thioether (sulfide) groups is 1. The summed E-state index contributed by atoms with van der Waals surface area (Å²) in [5, 5.41) is 15.0. The van der Waals surface area contributed by atoms with Crippen LogP contribution in [0, 0.1) is 0 Å². The fraction of sp³-hybridized carbons (Fsp3) is 0.188. The van der Waals surface area contributed by atoms with Crippen LogP contribution in [0.3, 0.4) is 0 Å². The quantitative estimate of drug-likeness (QED) is 0.672. The zero-order chi connectivity index (χ0) is 16.9. The van der Waals surface area contributed by atoms with Gasteiger partial charge in [0.25, 0.3) is 5.91 Å². The maximum Gasteiger partial charge on any atom is 0.269 e. The van der Waals surface area contributed by atoms with Crippen LogP contribution in [-0.4, -0.2) is 26.2 Å². The average Bonchev–Trinajstić information content (AvgIpc) is 3.24. The monoisotopic (exact) mass is 362 g/mol. The summed E-state index contributed by atoms with van der Waals surface area (Å²) in [6, 6.07) is 10.7. The van der Waals surface area contributed by atoms with Crippen molar-refractivity contribution in [3.05, 3.63) is 47.2 Å². The third kappa shape index (κ3) is 3.65. The highest BCUT2D eigenvalue weighted by Gasteiger charge is 2.23. The van der Waals surface area contributed by atoms with Gasteiger partial charge in [-0.25, -0.2) is 4.39 Å². The van der Waals surface area contributed by atoms with Gasteiger partial charge in [0.15, 0.2) is 11.0 Å². The lowest BCUT2D eigenvalue weighted by Crippen LogP contribution is -2.21. The number of benzene rings is 1. The van der Waals surface area contributed by atoms with E-state index in [-0.39, 0.29) is 0 Å². The Bertz CT molecular complexity index is 805. The van der Waals surface area contributed by atoms with E-state index in [1.54, 1.807) is 40.2 Å². The number of rotatable bonds is 6. The molecule has 0 radical (unpaired) electrons. The molecule has 2 aromatic heterocycles. The van der Waals surface area contributed by atoms with Crippen molar-refractivity contribution in [1.82, 2.24) is 14.8 Å². The number of halogens is 1. The first-order valence-corrected chi connectivity index (χ1v) is 9.13. The van der Waals surface area contributed by atoms with Crippen molar-refractivity contribution < 1.29 is 9.18 Å². The summed E-state index contributed by atoms with van der Waals surface area (Å²) in [5.41, 5.74) is -0.276. The Balaban J connectivity index is 1.72. The predicted octanol–water partition coefficient (Wildman–Crippen LogP) is 4.05. The number of aromatic nitrogens is 3. The molecule has 1 amide bonds. The molecular weight excluding hydrogens is 347 g/mol. The molecular formula is C16H15FN4OS2. The fourth-order valence-corrected chi connectivity index (χ4v) is 3.55. The van der Waals surface area contributed by atoms with Crippen LogP contribution >= 0.6 is 23.1 Å². The van der Waals surface area contributed by atoms with Crippen molar-refractivity contribution in [2.45, 2.75) is 24.1 Å². The molecule has 24 heavy (non-hydrogen) atoms. The number of anilines is 1. The minimum absolute atomic E-state index is 0.384. The van der Waals surface area contributed by atoms with Crippen molar-refractivity contribution in [3.8, 4) is 11.4 Å². The molecule has 0 aliphatic heterocycles. The van der Waals surface area contributed by atoms with Gasteiger partial charge >= 0.3 is 0 Å². The van der Waals surface area contributed by atoms with Crippen molar-refractivity contribution in [1.29, 1.82) is 0 Å². The molecule has 3 aromatic rings. The largest absolute Gasteiger partial charge is 0.323 e. The van der Waals surface area contributed by atoms with Gasteiger partial charge in [0.05, 0.1) is 0 Å². The number of thiophene rings is 1. The smallest absolute Gasteiger partial charge is 0.269 e. The topological polar surface area (TPSA) is 59.8 Å². The van der Waals surface area contributed by atoms with E-state index < -0.39 is 11.4 Å². The Kier molecular flexibility index (Phi) is 5.27. The number of alkyl halides is 1. The molecule has 0 aliphatic rings. The molecule has 5 nitrogen and oxygen atoms in total. The minimum atomic E-state index is -1.77. The fourth-order valence-electron chi connectivity index (χ4n) is 2.13. The molecule has 0 saturated carbocycles. The van der Waals surface area contributed by atoms with Gasteiger partial charge < -0.3 is 9.88 Å². The van der Waals surface area contributed by atoms with Crippen molar-refractivity contribution in [2.75, 3.05) is 5.32 Å². The second-order valence-electron chi connectivity index (χ2n) is 4.85. The number of carbonyl (C=O) groups excluding carboxylic acids is 1. The van der Waals surface area contributed by atoms with E-state index >= 15 is 0 Å². The average molecular weight is 362 g/mol. The van der Waals surface area contributed by atoms with Gasteiger partial charge in [0.1, 0.15) is 0 Å². The third-order valence-electron chi connectivity index (χ3n) is 3.27. The maximum atomic E-state index is 14.3. The molecule has 124 valence electrons. The predicted molar refractivity (Wildman–Crippen MR) is 94.8 cm³/mol. The summed E-state index contributed by atoms with van der Waals surface area (Å²) in [5.74, 6) is -0.0362. The second-order valence-corrected chi connectivity index (χ2v) is 6.65. The number of nitrogens with one attached hydrogen (secondary N) is 1. The van der Waals surface area contributed by atoms with Gasteiger partial charge in [-0.3, -0.25) is 4.79 Å². The van der Waals surface area contributed by atoms with Crippen LogP contribution in [0.1, 0.15) is 6.92 Å². The molecule has 0 spiro atoms. The first-order chi connectivity index (χ1) is 11.7. The summed E-state index contributed by atoms with van der Waals surface area (Å²) in [6.07, 6.45) is 0. The third-order valence-corrected chi connectivity index (χ3v) is 4.89. The Hall–Kier alpha value is -2.19. The first kappa shape index (κ1) is 16.7. The summed E-state index contributed by atoms with van der Waals surface area (Å²) < 4.78 is 16.1. The highest BCUT2D eigenvalue weighted by Crippen LogP contribution is 2.28. The van der Waals surface area contributed by atoms with Gasteiger partial charge in [-0.05, 0) is 42.3 Å². The maximum absolute atomic E-state index is 14.3. The van der Waals surface area contributed by atoms with Crippen molar-refractivity contribution >= 4 is 34.7 Å². The Labute approximate surface area is 146 Å². The van der Waals surface area contributed by atoms with Crippen LogP contribution in [0.15, 0.2) is 52.3 Å². The molecule has 0 aliphatic carbocycles. The van der Waals surface area contributed by atoms with Crippen molar-refractivity contribution in [3.63, 3.8) is 0 Å². The van der Waals surface area contributed by atoms with E-state index in [4.69, 9.17) is 0 Å². The Morgan fingerprint density at radius 2 is 2.12 bits per heavy atom. The zero-order valence-corrected chi connectivity index (χ0v) is 14.5. The van der Waals surface area contributed by atoms with Crippen molar-refractivity contribution in [2.24, 2.45) is 0 Å². The molecule has 1 unspecified atom stereocenters. The van der Waals surface area contributed by atoms with E-state index in [0.717, 1.165) is 17.3 Å². The molecule has 0 fully saturated rings. The summed E-state index contributed by atoms with van der Waals surface area (Å²) in [6.45, 7) is 2.52. The van der Waals surface area contributed by atoms with Crippen LogP contribution in [0.5, 0.6) is 0 Å². The van der Waals surface area contributed by atoms with E-state index in [9.17, 15) is 9.18 Å². The van der Waals surface area contributed by atoms with E-state index in [0.29, 0.717) is 23.2 Å². The first-order valence-electron chi connectivity index (χ1n) is 7.31. The standard InChI is InChI=1S/C16H15FN4OS2/c1-2-21-14(11-8-9-23-10-11)19-20-16(21)24-13(17)15(22)18-12-6-4-3-5-7-12/h3-10,13H,2H2,1H3,(H,18,22).